The maximum atomic E-state index is 13.2. The molecule has 0 saturated carbocycles. The van der Waals surface area contributed by atoms with Gasteiger partial charge < -0.3 is 15.4 Å². The highest BCUT2D eigenvalue weighted by molar-refractivity contribution is 7.12. The van der Waals surface area contributed by atoms with Crippen LogP contribution in [0.3, 0.4) is 0 Å². The molecule has 1 amide bonds. The van der Waals surface area contributed by atoms with E-state index in [9.17, 15) is 26.7 Å². The highest BCUT2D eigenvalue weighted by Gasteiger charge is 2.44. The molecule has 1 aromatic heterocycles. The topological polar surface area (TPSA) is 53.6 Å². The normalized spacial score (nSPS) is 17.8. The quantitative estimate of drug-likeness (QED) is 0.749. The minimum Gasteiger partial charge on any atom is -0.433 e. The zero-order valence-corrected chi connectivity index (χ0v) is 13.2. The molecule has 1 aliphatic heterocycles. The molecule has 24 heavy (non-hydrogen) atoms. The number of hydrogen-bond acceptors (Lipinski definition) is 5. The van der Waals surface area contributed by atoms with E-state index >= 15 is 0 Å². The number of piperazine rings is 1. The Balaban J connectivity index is 2.01. The van der Waals surface area contributed by atoms with Crippen LogP contribution in [0, 0.1) is 0 Å². The maximum absolute atomic E-state index is 13.2. The van der Waals surface area contributed by atoms with E-state index in [0.717, 1.165) is 11.3 Å². The van der Waals surface area contributed by atoms with Crippen molar-refractivity contribution in [3.05, 3.63) is 16.3 Å². The van der Waals surface area contributed by atoms with Crippen molar-refractivity contribution in [2.24, 2.45) is 0 Å². The van der Waals surface area contributed by atoms with Crippen molar-refractivity contribution in [2.45, 2.75) is 18.8 Å². The second-order valence-electron chi connectivity index (χ2n) is 5.05. The third kappa shape index (κ3) is 5.02. The number of halogens is 5. The van der Waals surface area contributed by atoms with Crippen molar-refractivity contribution < 1.29 is 31.5 Å². The Labute approximate surface area is 138 Å². The summed E-state index contributed by atoms with van der Waals surface area (Å²) in [5.74, 6) is -1.22. The molecule has 2 rings (SSSR count). The van der Waals surface area contributed by atoms with Gasteiger partial charge in [-0.1, -0.05) is 0 Å². The van der Waals surface area contributed by atoms with Gasteiger partial charge in [-0.25, -0.2) is 0 Å². The fourth-order valence-corrected chi connectivity index (χ4v) is 3.11. The van der Waals surface area contributed by atoms with Crippen LogP contribution in [0.25, 0.3) is 0 Å². The van der Waals surface area contributed by atoms with Crippen LogP contribution < -0.4 is 15.4 Å². The SMILES string of the molecule is O=C(NCC(N1CCNCC1)C(F)(F)F)c1sccc1OC(F)F. The molecule has 11 heteroatoms. The molecule has 1 saturated heterocycles. The zero-order valence-electron chi connectivity index (χ0n) is 12.4. The molecule has 0 aromatic carbocycles. The minimum absolute atomic E-state index is 0.184. The number of hydrogen-bond donors (Lipinski definition) is 2. The van der Waals surface area contributed by atoms with E-state index < -0.39 is 31.3 Å². The van der Waals surface area contributed by atoms with E-state index in [1.54, 1.807) is 0 Å². The molecule has 0 aliphatic carbocycles. The zero-order chi connectivity index (χ0) is 17.7. The van der Waals surface area contributed by atoms with E-state index in [4.69, 9.17) is 0 Å². The van der Waals surface area contributed by atoms with Crippen LogP contribution in [0.15, 0.2) is 11.4 Å². The highest BCUT2D eigenvalue weighted by Crippen LogP contribution is 2.27. The molecule has 5 nitrogen and oxygen atoms in total. The smallest absolute Gasteiger partial charge is 0.405 e. The fraction of sp³-hybridized carbons (Fsp3) is 0.615. The lowest BCUT2D eigenvalue weighted by molar-refractivity contribution is -0.183. The monoisotopic (exact) mass is 373 g/mol. The van der Waals surface area contributed by atoms with E-state index in [1.807, 2.05) is 0 Å². The molecular formula is C13H16F5N3O2S. The molecular weight excluding hydrogens is 357 g/mol. The van der Waals surface area contributed by atoms with Crippen molar-refractivity contribution >= 4 is 17.2 Å². The van der Waals surface area contributed by atoms with Crippen LogP contribution in [-0.2, 0) is 0 Å². The fourth-order valence-electron chi connectivity index (χ4n) is 2.37. The van der Waals surface area contributed by atoms with Gasteiger partial charge in [0.2, 0.25) is 0 Å². The number of nitrogens with one attached hydrogen (secondary N) is 2. The summed E-state index contributed by atoms with van der Waals surface area (Å²) in [5.41, 5.74) is 0. The van der Waals surface area contributed by atoms with Crippen molar-refractivity contribution in [1.29, 1.82) is 0 Å². The number of amides is 1. The lowest BCUT2D eigenvalue weighted by Gasteiger charge is -2.35. The largest absolute Gasteiger partial charge is 0.433 e. The van der Waals surface area contributed by atoms with E-state index in [2.05, 4.69) is 15.4 Å². The molecule has 0 spiro atoms. The van der Waals surface area contributed by atoms with Gasteiger partial charge in [-0.05, 0) is 11.4 Å². The van der Waals surface area contributed by atoms with Crippen molar-refractivity contribution in [3.8, 4) is 5.75 Å². The molecule has 1 atom stereocenters. The lowest BCUT2D eigenvalue weighted by Crippen LogP contribution is -2.57. The standard InChI is InChI=1S/C13H16F5N3O2S/c14-12(15)23-8-1-6-24-10(8)11(22)20-7-9(13(16,17)18)21-4-2-19-3-5-21/h1,6,9,12,19H,2-5,7H2,(H,20,22). The predicted molar refractivity (Wildman–Crippen MR) is 77.6 cm³/mol. The predicted octanol–water partition coefficient (Wildman–Crippen LogP) is 1.92. The van der Waals surface area contributed by atoms with E-state index in [0.29, 0.717) is 13.1 Å². The van der Waals surface area contributed by atoms with Crippen molar-refractivity contribution in [3.63, 3.8) is 0 Å². The molecule has 1 aromatic rings. The van der Waals surface area contributed by atoms with Gasteiger partial charge in [0.1, 0.15) is 16.7 Å². The molecule has 136 valence electrons. The van der Waals surface area contributed by atoms with Crippen LogP contribution in [0.5, 0.6) is 5.75 Å². The van der Waals surface area contributed by atoms with E-state index in [-0.39, 0.29) is 23.7 Å². The third-order valence-corrected chi connectivity index (χ3v) is 4.37. The molecule has 0 radical (unpaired) electrons. The Morgan fingerprint density at radius 1 is 1.38 bits per heavy atom. The van der Waals surface area contributed by atoms with Crippen LogP contribution in [0.2, 0.25) is 0 Å². The molecule has 1 unspecified atom stereocenters. The third-order valence-electron chi connectivity index (χ3n) is 3.48. The summed E-state index contributed by atoms with van der Waals surface area (Å²) in [5, 5.41) is 6.47. The molecule has 1 aliphatic rings. The van der Waals surface area contributed by atoms with Crippen molar-refractivity contribution in [2.75, 3.05) is 32.7 Å². The van der Waals surface area contributed by atoms with Crippen LogP contribution in [-0.4, -0.2) is 62.4 Å². The van der Waals surface area contributed by atoms with Gasteiger partial charge in [0.25, 0.3) is 5.91 Å². The average molecular weight is 373 g/mol. The Morgan fingerprint density at radius 2 is 2.04 bits per heavy atom. The molecule has 0 bridgehead atoms. The Morgan fingerprint density at radius 3 is 2.62 bits per heavy atom. The Hall–Kier alpha value is -1.46. The van der Waals surface area contributed by atoms with Gasteiger partial charge in [0, 0.05) is 32.7 Å². The van der Waals surface area contributed by atoms with Crippen LogP contribution in [0.1, 0.15) is 9.67 Å². The Bertz CT molecular complexity index is 546. The number of rotatable bonds is 6. The average Bonchev–Trinajstić information content (AvgIpc) is 2.94. The summed E-state index contributed by atoms with van der Waals surface area (Å²) in [6, 6.07) is -0.661. The molecule has 1 fully saturated rings. The number of nitrogens with zero attached hydrogens (tertiary/aromatic N) is 1. The maximum Gasteiger partial charge on any atom is 0.405 e. The second-order valence-corrected chi connectivity index (χ2v) is 5.96. The number of carbonyl (C=O) groups is 1. The number of alkyl halides is 5. The summed E-state index contributed by atoms with van der Waals surface area (Å²) in [6.45, 7) is -2.50. The number of ether oxygens (including phenoxy) is 1. The van der Waals surface area contributed by atoms with Gasteiger partial charge in [-0.2, -0.15) is 22.0 Å². The minimum atomic E-state index is -4.51. The summed E-state index contributed by atoms with van der Waals surface area (Å²) >= 11 is 0.819. The molecule has 2 heterocycles. The summed E-state index contributed by atoms with van der Waals surface area (Å²) in [6.07, 6.45) is -4.51. The van der Waals surface area contributed by atoms with Crippen LogP contribution in [0.4, 0.5) is 22.0 Å². The molecule has 2 N–H and O–H groups in total. The van der Waals surface area contributed by atoms with Crippen LogP contribution >= 0.6 is 11.3 Å². The first-order valence-corrected chi connectivity index (χ1v) is 7.99. The number of thiophene rings is 1. The number of carbonyl (C=O) groups excluding carboxylic acids is 1. The van der Waals surface area contributed by atoms with Gasteiger partial charge in [0.05, 0.1) is 0 Å². The summed E-state index contributed by atoms with van der Waals surface area (Å²) in [7, 11) is 0. The lowest BCUT2D eigenvalue weighted by atomic mass is 10.2. The first-order valence-electron chi connectivity index (χ1n) is 7.11. The Kier molecular flexibility index (Phi) is 6.35. The van der Waals surface area contributed by atoms with Gasteiger partial charge >= 0.3 is 12.8 Å². The van der Waals surface area contributed by atoms with E-state index in [1.165, 1.54) is 16.3 Å². The van der Waals surface area contributed by atoms with Gasteiger partial charge in [0.15, 0.2) is 0 Å². The van der Waals surface area contributed by atoms with Gasteiger partial charge in [-0.15, -0.1) is 11.3 Å². The summed E-state index contributed by atoms with van der Waals surface area (Å²) in [4.78, 5) is 13.1. The highest BCUT2D eigenvalue weighted by atomic mass is 32.1. The second kappa shape index (κ2) is 8.08. The van der Waals surface area contributed by atoms with Crippen molar-refractivity contribution in [1.82, 2.24) is 15.5 Å². The first kappa shape index (κ1) is 18.9. The van der Waals surface area contributed by atoms with Gasteiger partial charge in [-0.3, -0.25) is 9.69 Å². The first-order chi connectivity index (χ1) is 11.3. The summed E-state index contributed by atoms with van der Waals surface area (Å²) < 4.78 is 68.3.